The van der Waals surface area contributed by atoms with E-state index in [-0.39, 0.29) is 0 Å². The third-order valence-corrected chi connectivity index (χ3v) is 1.60. The van der Waals surface area contributed by atoms with Crippen molar-refractivity contribution >= 4 is 0 Å². The molecule has 68 valence electrons. The average molecular weight is 166 g/mol. The Morgan fingerprint density at radius 1 is 1.00 bits per heavy atom. The van der Waals surface area contributed by atoms with Gasteiger partial charge >= 0.3 is 0 Å². The van der Waals surface area contributed by atoms with Crippen LogP contribution in [0.2, 0.25) is 0 Å². The quantitative estimate of drug-likeness (QED) is 0.536. The lowest BCUT2D eigenvalue weighted by Crippen LogP contribution is -2.26. The molecule has 0 aromatic heterocycles. The highest BCUT2D eigenvalue weighted by molar-refractivity contribution is 4.79. The van der Waals surface area contributed by atoms with Crippen LogP contribution < -0.4 is 10.6 Å². The second-order valence-corrected chi connectivity index (χ2v) is 2.62. The summed E-state index contributed by atoms with van der Waals surface area (Å²) in [6.45, 7) is 12.8. The van der Waals surface area contributed by atoms with Crippen molar-refractivity contribution in [3.05, 3.63) is 38.2 Å². The second-order valence-electron chi connectivity index (χ2n) is 2.62. The van der Waals surface area contributed by atoms with Crippen LogP contribution in [0.4, 0.5) is 0 Å². The summed E-state index contributed by atoms with van der Waals surface area (Å²) < 4.78 is 0. The minimum absolute atomic E-state index is 0.554. The molecule has 0 spiro atoms. The third kappa shape index (κ3) is 5.59. The largest absolute Gasteiger partial charge is 0.391 e. The number of allylic oxidation sites excluding steroid dienone is 1. The fourth-order valence-electron chi connectivity index (χ4n) is 0.975. The van der Waals surface area contributed by atoms with Gasteiger partial charge in [-0.25, -0.2) is 0 Å². The molecule has 0 aromatic rings. The van der Waals surface area contributed by atoms with Gasteiger partial charge in [0.25, 0.3) is 0 Å². The van der Waals surface area contributed by atoms with Crippen molar-refractivity contribution < 1.29 is 0 Å². The Hall–Kier alpha value is -1.18. The van der Waals surface area contributed by atoms with Crippen molar-refractivity contribution in [2.24, 2.45) is 5.92 Å². The molecule has 0 fully saturated rings. The Morgan fingerprint density at radius 3 is 1.83 bits per heavy atom. The predicted molar refractivity (Wildman–Crippen MR) is 54.7 cm³/mol. The third-order valence-electron chi connectivity index (χ3n) is 1.60. The summed E-state index contributed by atoms with van der Waals surface area (Å²) in [4.78, 5) is 0. The molecule has 0 unspecified atom stereocenters. The Bertz CT molecular complexity index is 129. The lowest BCUT2D eigenvalue weighted by molar-refractivity contribution is 0.498. The van der Waals surface area contributed by atoms with Crippen molar-refractivity contribution in [1.82, 2.24) is 10.6 Å². The number of hydrogen-bond donors (Lipinski definition) is 2. The van der Waals surface area contributed by atoms with Crippen LogP contribution in [0.1, 0.15) is 6.42 Å². The van der Waals surface area contributed by atoms with Gasteiger partial charge in [0, 0.05) is 13.1 Å². The summed E-state index contributed by atoms with van der Waals surface area (Å²) in [5.41, 5.74) is 0. The average Bonchev–Trinajstić information content (AvgIpc) is 2.10. The minimum atomic E-state index is 0.554. The van der Waals surface area contributed by atoms with Crippen molar-refractivity contribution in [3.8, 4) is 0 Å². The van der Waals surface area contributed by atoms with Crippen LogP contribution >= 0.6 is 0 Å². The minimum Gasteiger partial charge on any atom is -0.391 e. The van der Waals surface area contributed by atoms with E-state index < -0.39 is 0 Å². The first-order valence-electron chi connectivity index (χ1n) is 4.14. The van der Waals surface area contributed by atoms with Gasteiger partial charge in [-0.3, -0.25) is 0 Å². The first kappa shape index (κ1) is 10.8. The zero-order chi connectivity index (χ0) is 9.23. The summed E-state index contributed by atoms with van der Waals surface area (Å²) >= 11 is 0. The molecule has 0 heterocycles. The normalized spacial score (nSPS) is 9.08. The maximum Gasteiger partial charge on any atom is 0.0189 e. The molecule has 0 aliphatic rings. The summed E-state index contributed by atoms with van der Waals surface area (Å²) in [6.07, 6.45) is 6.36. The Kier molecular flexibility index (Phi) is 7.14. The van der Waals surface area contributed by atoms with Crippen molar-refractivity contribution in [1.29, 1.82) is 0 Å². The van der Waals surface area contributed by atoms with Crippen LogP contribution in [0.3, 0.4) is 0 Å². The lowest BCUT2D eigenvalue weighted by Gasteiger charge is -2.14. The maximum atomic E-state index is 3.71. The Balaban J connectivity index is 3.59. The van der Waals surface area contributed by atoms with Gasteiger partial charge in [0.15, 0.2) is 0 Å². The first-order valence-corrected chi connectivity index (χ1v) is 4.14. The number of rotatable bonds is 8. The molecule has 0 rings (SSSR count). The van der Waals surface area contributed by atoms with Gasteiger partial charge in [0.1, 0.15) is 0 Å². The molecular weight excluding hydrogens is 148 g/mol. The van der Waals surface area contributed by atoms with E-state index in [1.165, 1.54) is 0 Å². The molecule has 2 N–H and O–H groups in total. The molecule has 0 saturated carbocycles. The number of nitrogens with one attached hydrogen (secondary N) is 2. The van der Waals surface area contributed by atoms with Gasteiger partial charge in [0.2, 0.25) is 0 Å². The highest BCUT2D eigenvalue weighted by atomic mass is 14.9. The van der Waals surface area contributed by atoms with Crippen LogP contribution in [0, 0.1) is 5.92 Å². The van der Waals surface area contributed by atoms with Crippen LogP contribution in [0.5, 0.6) is 0 Å². The summed E-state index contributed by atoms with van der Waals surface area (Å²) in [5.74, 6) is 0.554. The van der Waals surface area contributed by atoms with Gasteiger partial charge in [-0.2, -0.15) is 0 Å². The SMILES string of the molecule is C=CCC(CNC=C)CNC=C. The van der Waals surface area contributed by atoms with Crippen LogP contribution in [0.25, 0.3) is 0 Å². The summed E-state index contributed by atoms with van der Waals surface area (Å²) in [6, 6.07) is 0. The van der Waals surface area contributed by atoms with Crippen molar-refractivity contribution in [3.63, 3.8) is 0 Å². The van der Waals surface area contributed by atoms with E-state index in [9.17, 15) is 0 Å². The second kappa shape index (κ2) is 7.92. The monoisotopic (exact) mass is 166 g/mol. The molecule has 12 heavy (non-hydrogen) atoms. The predicted octanol–water partition coefficient (Wildman–Crippen LogP) is 1.64. The first-order chi connectivity index (χ1) is 5.85. The molecule has 0 bridgehead atoms. The van der Waals surface area contributed by atoms with Crippen LogP contribution in [0.15, 0.2) is 38.2 Å². The van der Waals surface area contributed by atoms with E-state index in [1.54, 1.807) is 12.4 Å². The van der Waals surface area contributed by atoms with Crippen molar-refractivity contribution in [2.45, 2.75) is 6.42 Å². The van der Waals surface area contributed by atoms with Gasteiger partial charge in [-0.1, -0.05) is 19.2 Å². The molecule has 0 aliphatic heterocycles. The summed E-state index contributed by atoms with van der Waals surface area (Å²) in [5, 5.41) is 6.17. The molecular formula is C10H18N2. The Labute approximate surface area is 75.1 Å². The van der Waals surface area contributed by atoms with E-state index >= 15 is 0 Å². The zero-order valence-corrected chi connectivity index (χ0v) is 7.55. The summed E-state index contributed by atoms with van der Waals surface area (Å²) in [7, 11) is 0. The zero-order valence-electron chi connectivity index (χ0n) is 7.55. The van der Waals surface area contributed by atoms with E-state index in [0.29, 0.717) is 5.92 Å². The highest BCUT2D eigenvalue weighted by Crippen LogP contribution is 2.00. The molecule has 0 aliphatic carbocycles. The molecule has 2 heteroatoms. The van der Waals surface area contributed by atoms with Gasteiger partial charge in [0.05, 0.1) is 0 Å². The smallest absolute Gasteiger partial charge is 0.0189 e. The van der Waals surface area contributed by atoms with Gasteiger partial charge in [-0.15, -0.1) is 6.58 Å². The number of hydrogen-bond acceptors (Lipinski definition) is 2. The molecule has 2 nitrogen and oxygen atoms in total. The van der Waals surface area contributed by atoms with Crippen molar-refractivity contribution in [2.75, 3.05) is 13.1 Å². The molecule has 0 radical (unpaired) electrons. The maximum absolute atomic E-state index is 3.71. The van der Waals surface area contributed by atoms with E-state index in [0.717, 1.165) is 19.5 Å². The molecule has 0 amide bonds. The van der Waals surface area contributed by atoms with Crippen LogP contribution in [-0.2, 0) is 0 Å². The van der Waals surface area contributed by atoms with E-state index in [2.05, 4.69) is 30.4 Å². The molecule has 0 atom stereocenters. The standard InChI is InChI=1S/C10H18N2/c1-4-7-10(8-11-5-2)9-12-6-3/h4-6,10-12H,1-3,7-9H2. The fourth-order valence-corrected chi connectivity index (χ4v) is 0.975. The van der Waals surface area contributed by atoms with Gasteiger partial charge < -0.3 is 10.6 Å². The lowest BCUT2D eigenvalue weighted by atomic mass is 10.1. The van der Waals surface area contributed by atoms with E-state index in [1.807, 2.05) is 6.08 Å². The highest BCUT2D eigenvalue weighted by Gasteiger charge is 2.03. The van der Waals surface area contributed by atoms with Crippen LogP contribution in [-0.4, -0.2) is 13.1 Å². The Morgan fingerprint density at radius 2 is 1.50 bits per heavy atom. The molecule has 0 aromatic carbocycles. The van der Waals surface area contributed by atoms with Gasteiger partial charge in [-0.05, 0) is 24.7 Å². The fraction of sp³-hybridized carbons (Fsp3) is 0.400. The topological polar surface area (TPSA) is 24.1 Å². The van der Waals surface area contributed by atoms with E-state index in [4.69, 9.17) is 0 Å². The molecule has 0 saturated heterocycles.